The number of thioether (sulfide) groups is 1. The zero-order valence-corrected chi connectivity index (χ0v) is 13.3. The molecule has 0 spiro atoms. The third kappa shape index (κ3) is 3.36. The second-order valence-electron chi connectivity index (χ2n) is 4.83. The first-order valence-electron chi connectivity index (χ1n) is 6.77. The van der Waals surface area contributed by atoms with Crippen LogP contribution in [0.5, 0.6) is 0 Å². The summed E-state index contributed by atoms with van der Waals surface area (Å²) in [5.41, 5.74) is 5.12. The zero-order valence-electron chi connectivity index (χ0n) is 11.7. The Morgan fingerprint density at radius 2 is 1.57 bits per heavy atom. The van der Waals surface area contributed by atoms with Gasteiger partial charge in [0.25, 0.3) is 0 Å². The number of aromatic nitrogens is 2. The lowest BCUT2D eigenvalue weighted by atomic mass is 10.2. The Balaban J connectivity index is 1.73. The minimum atomic E-state index is 0.825. The van der Waals surface area contributed by atoms with Gasteiger partial charge in [-0.2, -0.15) is 11.8 Å². The van der Waals surface area contributed by atoms with Crippen LogP contribution in [0.2, 0.25) is 5.02 Å². The van der Waals surface area contributed by atoms with Crippen molar-refractivity contribution in [3.8, 4) is 0 Å². The summed E-state index contributed by atoms with van der Waals surface area (Å²) in [7, 11) is 0. The number of halogens is 1. The molecule has 0 unspecified atom stereocenters. The summed E-state index contributed by atoms with van der Waals surface area (Å²) < 4.78 is 0. The van der Waals surface area contributed by atoms with Gasteiger partial charge in [-0.1, -0.05) is 41.9 Å². The van der Waals surface area contributed by atoms with Crippen LogP contribution in [0.3, 0.4) is 0 Å². The Labute approximate surface area is 133 Å². The minimum Gasteiger partial charge on any atom is -0.250 e. The van der Waals surface area contributed by atoms with Gasteiger partial charge in [0.05, 0.1) is 22.4 Å². The molecule has 0 atom stereocenters. The van der Waals surface area contributed by atoms with Crippen LogP contribution in [-0.4, -0.2) is 9.97 Å². The lowest BCUT2D eigenvalue weighted by Crippen LogP contribution is -1.97. The Hall–Kier alpha value is -1.58. The van der Waals surface area contributed by atoms with Gasteiger partial charge in [0.15, 0.2) is 0 Å². The Bertz CT molecular complexity index is 774. The molecular formula is C17H15ClN2S. The number of rotatable bonds is 4. The van der Waals surface area contributed by atoms with E-state index in [4.69, 9.17) is 16.6 Å². The third-order valence-corrected chi connectivity index (χ3v) is 4.66. The second kappa shape index (κ2) is 6.46. The lowest BCUT2D eigenvalue weighted by molar-refractivity contribution is 1.08. The van der Waals surface area contributed by atoms with Gasteiger partial charge in [-0.3, -0.25) is 0 Å². The number of nitrogens with zero attached hydrogens (tertiary/aromatic N) is 2. The van der Waals surface area contributed by atoms with Gasteiger partial charge in [0, 0.05) is 16.5 Å². The standard InChI is InChI=1S/C17H15ClN2S/c1-12-17(20-16-9-5-4-8-15(16)19-12)11-21-10-13-6-2-3-7-14(13)18/h2-9H,10-11H2,1H3. The van der Waals surface area contributed by atoms with E-state index >= 15 is 0 Å². The van der Waals surface area contributed by atoms with Crippen molar-refractivity contribution >= 4 is 34.4 Å². The summed E-state index contributed by atoms with van der Waals surface area (Å²) in [6.07, 6.45) is 0. The molecule has 0 bridgehead atoms. The smallest absolute Gasteiger partial charge is 0.0890 e. The van der Waals surface area contributed by atoms with Crippen molar-refractivity contribution in [2.24, 2.45) is 0 Å². The summed E-state index contributed by atoms with van der Waals surface area (Å²) in [5, 5.41) is 0.825. The summed E-state index contributed by atoms with van der Waals surface area (Å²) in [6, 6.07) is 15.9. The fraction of sp³-hybridized carbons (Fsp3) is 0.176. The summed E-state index contributed by atoms with van der Waals surface area (Å²) in [4.78, 5) is 9.33. The van der Waals surface area contributed by atoms with Crippen molar-refractivity contribution in [3.63, 3.8) is 0 Å². The van der Waals surface area contributed by atoms with E-state index in [1.54, 1.807) is 0 Å². The van der Waals surface area contributed by atoms with Gasteiger partial charge in [-0.25, -0.2) is 9.97 Å². The van der Waals surface area contributed by atoms with E-state index in [0.717, 1.165) is 44.5 Å². The summed E-state index contributed by atoms with van der Waals surface area (Å²) in [5.74, 6) is 1.72. The number of fused-ring (bicyclic) bond motifs is 1. The average molecular weight is 315 g/mol. The number of benzene rings is 2. The fourth-order valence-corrected chi connectivity index (χ4v) is 3.46. The average Bonchev–Trinajstić information content (AvgIpc) is 2.49. The van der Waals surface area contributed by atoms with Crippen LogP contribution in [0.15, 0.2) is 48.5 Å². The highest BCUT2D eigenvalue weighted by molar-refractivity contribution is 7.97. The maximum Gasteiger partial charge on any atom is 0.0890 e. The normalized spacial score (nSPS) is 11.0. The first kappa shape index (κ1) is 14.4. The molecule has 0 aliphatic carbocycles. The SMILES string of the molecule is Cc1nc2ccccc2nc1CSCc1ccccc1Cl. The third-order valence-electron chi connectivity index (χ3n) is 3.30. The molecule has 0 radical (unpaired) electrons. The van der Waals surface area contributed by atoms with Crippen LogP contribution in [0.4, 0.5) is 0 Å². The second-order valence-corrected chi connectivity index (χ2v) is 6.22. The van der Waals surface area contributed by atoms with E-state index < -0.39 is 0 Å². The molecule has 0 N–H and O–H groups in total. The van der Waals surface area contributed by atoms with E-state index in [2.05, 4.69) is 11.1 Å². The maximum atomic E-state index is 6.17. The maximum absolute atomic E-state index is 6.17. The highest BCUT2D eigenvalue weighted by Gasteiger charge is 2.06. The fourth-order valence-electron chi connectivity index (χ4n) is 2.13. The quantitative estimate of drug-likeness (QED) is 0.676. The molecule has 0 aliphatic heterocycles. The molecule has 106 valence electrons. The van der Waals surface area contributed by atoms with Crippen LogP contribution >= 0.6 is 23.4 Å². The van der Waals surface area contributed by atoms with E-state index in [1.807, 2.05) is 61.2 Å². The highest BCUT2D eigenvalue weighted by atomic mass is 35.5. The first-order valence-corrected chi connectivity index (χ1v) is 8.31. The molecule has 0 fully saturated rings. The minimum absolute atomic E-state index is 0.825. The molecule has 21 heavy (non-hydrogen) atoms. The van der Waals surface area contributed by atoms with Crippen molar-refractivity contribution in [1.29, 1.82) is 0 Å². The molecule has 2 aromatic carbocycles. The van der Waals surface area contributed by atoms with Crippen molar-refractivity contribution in [3.05, 3.63) is 70.5 Å². The molecular weight excluding hydrogens is 300 g/mol. The topological polar surface area (TPSA) is 25.8 Å². The number of para-hydroxylation sites is 2. The Kier molecular flexibility index (Phi) is 4.42. The van der Waals surface area contributed by atoms with Crippen molar-refractivity contribution in [2.45, 2.75) is 18.4 Å². The molecule has 0 saturated heterocycles. The van der Waals surface area contributed by atoms with E-state index in [0.29, 0.717) is 0 Å². The van der Waals surface area contributed by atoms with Gasteiger partial charge in [0.2, 0.25) is 0 Å². The Morgan fingerprint density at radius 1 is 0.905 bits per heavy atom. The molecule has 3 rings (SSSR count). The Morgan fingerprint density at radius 3 is 2.33 bits per heavy atom. The van der Waals surface area contributed by atoms with Crippen LogP contribution in [-0.2, 0) is 11.5 Å². The molecule has 0 saturated carbocycles. The predicted molar refractivity (Wildman–Crippen MR) is 90.7 cm³/mol. The highest BCUT2D eigenvalue weighted by Crippen LogP contribution is 2.24. The van der Waals surface area contributed by atoms with E-state index in [9.17, 15) is 0 Å². The predicted octanol–water partition coefficient (Wildman–Crippen LogP) is 5.03. The van der Waals surface area contributed by atoms with Gasteiger partial charge >= 0.3 is 0 Å². The zero-order chi connectivity index (χ0) is 14.7. The molecule has 0 aliphatic rings. The van der Waals surface area contributed by atoms with Crippen LogP contribution in [0.1, 0.15) is 17.0 Å². The number of hydrogen-bond donors (Lipinski definition) is 0. The van der Waals surface area contributed by atoms with Crippen molar-refractivity contribution in [1.82, 2.24) is 9.97 Å². The van der Waals surface area contributed by atoms with Crippen molar-refractivity contribution < 1.29 is 0 Å². The number of hydrogen-bond acceptors (Lipinski definition) is 3. The van der Waals surface area contributed by atoms with Crippen molar-refractivity contribution in [2.75, 3.05) is 0 Å². The van der Waals surface area contributed by atoms with Gasteiger partial charge in [-0.15, -0.1) is 0 Å². The molecule has 4 heteroatoms. The van der Waals surface area contributed by atoms with Crippen LogP contribution < -0.4 is 0 Å². The molecule has 1 aromatic heterocycles. The first-order chi connectivity index (χ1) is 10.2. The van der Waals surface area contributed by atoms with Gasteiger partial charge < -0.3 is 0 Å². The lowest BCUT2D eigenvalue weighted by Gasteiger charge is -2.07. The van der Waals surface area contributed by atoms with Crippen LogP contribution in [0, 0.1) is 6.92 Å². The summed E-state index contributed by atoms with van der Waals surface area (Å²) in [6.45, 7) is 2.02. The molecule has 3 aromatic rings. The van der Waals surface area contributed by atoms with Crippen LogP contribution in [0.25, 0.3) is 11.0 Å². The van der Waals surface area contributed by atoms with Gasteiger partial charge in [0.1, 0.15) is 0 Å². The largest absolute Gasteiger partial charge is 0.250 e. The van der Waals surface area contributed by atoms with E-state index in [-0.39, 0.29) is 0 Å². The number of aryl methyl sites for hydroxylation is 1. The summed E-state index contributed by atoms with van der Waals surface area (Å²) >= 11 is 7.98. The molecule has 2 nitrogen and oxygen atoms in total. The molecule has 0 amide bonds. The van der Waals surface area contributed by atoms with E-state index in [1.165, 1.54) is 0 Å². The monoisotopic (exact) mass is 314 g/mol. The molecule has 1 heterocycles. The van der Waals surface area contributed by atoms with Gasteiger partial charge in [-0.05, 0) is 30.7 Å².